The molecule has 0 N–H and O–H groups in total. The van der Waals surface area contributed by atoms with Crippen molar-refractivity contribution in [3.8, 4) is 0 Å². The average Bonchev–Trinajstić information content (AvgIpc) is 1.86. The van der Waals surface area contributed by atoms with E-state index in [1.54, 1.807) is 32.0 Å². The van der Waals surface area contributed by atoms with Gasteiger partial charge in [0, 0.05) is 0 Å². The van der Waals surface area contributed by atoms with Gasteiger partial charge in [0.15, 0.2) is 0 Å². The van der Waals surface area contributed by atoms with Crippen LogP contribution in [-0.4, -0.2) is 7.85 Å². The quantitative estimate of drug-likeness (QED) is 0.535. The molecular formula is C9H10BF. The largest absolute Gasteiger partial charge is 0.207 e. The maximum Gasteiger partial charge on any atom is 0.126 e. The molecule has 1 aromatic carbocycles. The van der Waals surface area contributed by atoms with Crippen molar-refractivity contribution in [3.05, 3.63) is 35.6 Å². The molecular weight excluding hydrogens is 138 g/mol. The molecule has 0 saturated heterocycles. The summed E-state index contributed by atoms with van der Waals surface area (Å²) in [4.78, 5) is 0. The Hall–Kier alpha value is -0.785. The van der Waals surface area contributed by atoms with Crippen LogP contribution in [0.25, 0.3) is 0 Å². The molecule has 0 unspecified atom stereocenters. The lowest BCUT2D eigenvalue weighted by Crippen LogP contribution is -2.18. The monoisotopic (exact) mass is 148 g/mol. The van der Waals surface area contributed by atoms with E-state index in [2.05, 4.69) is 0 Å². The van der Waals surface area contributed by atoms with Crippen molar-refractivity contribution in [2.24, 2.45) is 0 Å². The van der Waals surface area contributed by atoms with E-state index in [1.165, 1.54) is 6.07 Å². The van der Waals surface area contributed by atoms with Gasteiger partial charge in [-0.25, -0.2) is 4.39 Å². The summed E-state index contributed by atoms with van der Waals surface area (Å²) in [6, 6.07) is 6.57. The van der Waals surface area contributed by atoms with Crippen LogP contribution in [0.15, 0.2) is 24.3 Å². The van der Waals surface area contributed by atoms with E-state index in [0.717, 1.165) is 0 Å². The Morgan fingerprint density at radius 1 is 1.27 bits per heavy atom. The lowest BCUT2D eigenvalue weighted by atomic mass is 9.67. The third-order valence-corrected chi connectivity index (χ3v) is 1.57. The summed E-state index contributed by atoms with van der Waals surface area (Å²) in [6.45, 7) is 3.57. The van der Waals surface area contributed by atoms with Crippen molar-refractivity contribution in [3.63, 3.8) is 0 Å². The van der Waals surface area contributed by atoms with Gasteiger partial charge in [-0.2, -0.15) is 0 Å². The molecule has 0 amide bonds. The third-order valence-electron chi connectivity index (χ3n) is 1.57. The van der Waals surface area contributed by atoms with E-state index in [9.17, 15) is 4.39 Å². The van der Waals surface area contributed by atoms with E-state index in [1.807, 2.05) is 0 Å². The Morgan fingerprint density at radius 3 is 2.18 bits per heavy atom. The van der Waals surface area contributed by atoms with Crippen molar-refractivity contribution in [2.75, 3.05) is 0 Å². The molecule has 2 radical (unpaired) electrons. The third kappa shape index (κ3) is 1.82. The first kappa shape index (κ1) is 8.31. The van der Waals surface area contributed by atoms with E-state index in [4.69, 9.17) is 7.85 Å². The highest BCUT2D eigenvalue weighted by molar-refractivity contribution is 6.15. The molecule has 1 rings (SSSR count). The van der Waals surface area contributed by atoms with Crippen LogP contribution in [0.2, 0.25) is 0 Å². The normalized spacial score (nSPS) is 11.5. The first-order valence-electron chi connectivity index (χ1n) is 3.56. The first-order valence-corrected chi connectivity index (χ1v) is 3.56. The van der Waals surface area contributed by atoms with Gasteiger partial charge < -0.3 is 0 Å². The molecule has 0 aliphatic rings. The molecule has 11 heavy (non-hydrogen) atoms. The van der Waals surface area contributed by atoms with Gasteiger partial charge in [-0.05, 0) is 16.9 Å². The maximum absolute atomic E-state index is 13.0. The Balaban J connectivity index is 3.14. The maximum atomic E-state index is 13.0. The standard InChI is InChI=1S/C9H10BF/c1-9(2,10)7-5-3-4-6-8(7)11/h3-6H,1-2H3. The molecule has 0 fully saturated rings. The van der Waals surface area contributed by atoms with Crippen molar-refractivity contribution in [1.82, 2.24) is 0 Å². The zero-order valence-corrected chi connectivity index (χ0v) is 6.76. The molecule has 1 aromatic rings. The molecule has 0 spiro atoms. The highest BCUT2D eigenvalue weighted by atomic mass is 19.1. The molecule has 0 saturated carbocycles. The van der Waals surface area contributed by atoms with Crippen molar-refractivity contribution < 1.29 is 4.39 Å². The summed E-state index contributed by atoms with van der Waals surface area (Å²) in [6.07, 6.45) is 0. The second kappa shape index (κ2) is 2.69. The second-order valence-electron chi connectivity index (χ2n) is 3.20. The van der Waals surface area contributed by atoms with Crippen LogP contribution in [0.1, 0.15) is 19.4 Å². The fourth-order valence-corrected chi connectivity index (χ4v) is 0.984. The second-order valence-corrected chi connectivity index (χ2v) is 3.20. The Bertz CT molecular complexity index is 250. The van der Waals surface area contributed by atoms with E-state index >= 15 is 0 Å². The summed E-state index contributed by atoms with van der Waals surface area (Å²) in [5, 5.41) is -0.592. The molecule has 0 nitrogen and oxygen atoms in total. The van der Waals surface area contributed by atoms with E-state index < -0.39 is 5.31 Å². The molecule has 0 aromatic heterocycles. The molecule has 0 atom stereocenters. The van der Waals surface area contributed by atoms with Gasteiger partial charge in [0.05, 0.1) is 7.85 Å². The van der Waals surface area contributed by atoms with Gasteiger partial charge in [0.2, 0.25) is 0 Å². The molecule has 0 aliphatic heterocycles. The highest BCUT2D eigenvalue weighted by Crippen LogP contribution is 2.21. The van der Waals surface area contributed by atoms with Crippen LogP contribution in [0.5, 0.6) is 0 Å². The van der Waals surface area contributed by atoms with Crippen molar-refractivity contribution in [1.29, 1.82) is 0 Å². The van der Waals surface area contributed by atoms with Gasteiger partial charge in [-0.1, -0.05) is 32.0 Å². The van der Waals surface area contributed by atoms with Gasteiger partial charge in [-0.3, -0.25) is 0 Å². The molecule has 0 heterocycles. The van der Waals surface area contributed by atoms with E-state index in [0.29, 0.717) is 5.56 Å². The summed E-state index contributed by atoms with van der Waals surface area (Å²) >= 11 is 0. The van der Waals surface area contributed by atoms with Gasteiger partial charge in [0.25, 0.3) is 0 Å². The first-order chi connectivity index (χ1) is 5.02. The minimum Gasteiger partial charge on any atom is -0.207 e. The van der Waals surface area contributed by atoms with Crippen LogP contribution >= 0.6 is 0 Å². The Labute approximate surface area is 67.8 Å². The fraction of sp³-hybridized carbons (Fsp3) is 0.333. The summed E-state index contributed by atoms with van der Waals surface area (Å²) in [5.74, 6) is -0.236. The average molecular weight is 148 g/mol. The molecule has 0 bridgehead atoms. The smallest absolute Gasteiger partial charge is 0.126 e. The zero-order valence-electron chi connectivity index (χ0n) is 6.76. The Kier molecular flexibility index (Phi) is 2.03. The van der Waals surface area contributed by atoms with Crippen molar-refractivity contribution in [2.45, 2.75) is 19.2 Å². The number of benzene rings is 1. The van der Waals surface area contributed by atoms with Crippen LogP contribution in [0.3, 0.4) is 0 Å². The predicted molar refractivity (Wildman–Crippen MR) is 45.2 cm³/mol. The van der Waals surface area contributed by atoms with Crippen molar-refractivity contribution >= 4 is 7.85 Å². The number of rotatable bonds is 1. The number of hydrogen-bond donors (Lipinski definition) is 0. The predicted octanol–water partition coefficient (Wildman–Crippen LogP) is 2.23. The van der Waals surface area contributed by atoms with Crippen LogP contribution in [0, 0.1) is 5.82 Å². The van der Waals surface area contributed by atoms with Gasteiger partial charge in [0.1, 0.15) is 5.82 Å². The summed E-state index contributed by atoms with van der Waals surface area (Å²) < 4.78 is 13.0. The lowest BCUT2D eigenvalue weighted by Gasteiger charge is -2.19. The minimum atomic E-state index is -0.592. The minimum absolute atomic E-state index is 0.236. The number of hydrogen-bond acceptors (Lipinski definition) is 0. The molecule has 56 valence electrons. The van der Waals surface area contributed by atoms with Crippen LogP contribution < -0.4 is 0 Å². The lowest BCUT2D eigenvalue weighted by molar-refractivity contribution is 0.583. The highest BCUT2D eigenvalue weighted by Gasteiger charge is 2.16. The van der Waals surface area contributed by atoms with Gasteiger partial charge in [-0.15, -0.1) is 0 Å². The van der Waals surface area contributed by atoms with E-state index in [-0.39, 0.29) is 5.82 Å². The van der Waals surface area contributed by atoms with Crippen LogP contribution in [-0.2, 0) is 5.31 Å². The van der Waals surface area contributed by atoms with Gasteiger partial charge >= 0.3 is 0 Å². The fourth-order valence-electron chi connectivity index (χ4n) is 0.984. The summed E-state index contributed by atoms with van der Waals surface area (Å²) in [5.41, 5.74) is 0.556. The molecule has 2 heteroatoms. The SMILES string of the molecule is [B]C(C)(C)c1ccccc1F. The topological polar surface area (TPSA) is 0 Å². The Morgan fingerprint density at radius 2 is 1.82 bits per heavy atom. The zero-order chi connectivity index (χ0) is 8.48. The molecule has 0 aliphatic carbocycles. The summed E-state index contributed by atoms with van der Waals surface area (Å²) in [7, 11) is 5.72. The van der Waals surface area contributed by atoms with Crippen LogP contribution in [0.4, 0.5) is 4.39 Å². The number of halogens is 1.